The summed E-state index contributed by atoms with van der Waals surface area (Å²) in [6, 6.07) is 4.99. The molecule has 8 nitrogen and oxygen atoms in total. The number of allylic oxidation sites excluding steroid dienone is 1. The number of aromatic nitrogens is 3. The Bertz CT molecular complexity index is 893. The number of carbonyl (C=O) groups is 1. The van der Waals surface area contributed by atoms with Crippen molar-refractivity contribution in [2.24, 2.45) is 0 Å². The van der Waals surface area contributed by atoms with Gasteiger partial charge in [-0.1, -0.05) is 30.8 Å². The van der Waals surface area contributed by atoms with E-state index in [1.165, 1.54) is 18.9 Å². The first-order chi connectivity index (χ1) is 13.1. The van der Waals surface area contributed by atoms with E-state index in [2.05, 4.69) is 15.4 Å². The van der Waals surface area contributed by atoms with Crippen molar-refractivity contribution in [1.29, 1.82) is 0 Å². The summed E-state index contributed by atoms with van der Waals surface area (Å²) >= 11 is 1.43. The smallest absolute Gasteiger partial charge is 0.338 e. The Balaban J connectivity index is 2.30. The highest BCUT2D eigenvalue weighted by molar-refractivity contribution is 7.98. The van der Waals surface area contributed by atoms with Gasteiger partial charge in [0.25, 0.3) is 0 Å². The maximum absolute atomic E-state index is 12.7. The summed E-state index contributed by atoms with van der Waals surface area (Å²) in [7, 11) is 4.51. The van der Waals surface area contributed by atoms with Crippen LogP contribution >= 0.6 is 11.8 Å². The third kappa shape index (κ3) is 3.23. The molecule has 0 aliphatic carbocycles. The number of anilines is 1. The zero-order valence-electron chi connectivity index (χ0n) is 15.9. The molecule has 2 aromatic rings. The third-order valence-corrected chi connectivity index (χ3v) is 4.93. The highest BCUT2D eigenvalue weighted by Crippen LogP contribution is 2.43. The average Bonchev–Trinajstić information content (AvgIpc) is 3.13. The van der Waals surface area contributed by atoms with Crippen molar-refractivity contribution in [3.8, 4) is 11.5 Å². The maximum Gasteiger partial charge on any atom is 0.338 e. The molecule has 0 unspecified atom stereocenters. The second-order valence-electron chi connectivity index (χ2n) is 5.71. The van der Waals surface area contributed by atoms with Crippen LogP contribution in [0.1, 0.15) is 24.9 Å². The summed E-state index contributed by atoms with van der Waals surface area (Å²) in [4.78, 5) is 17.2. The molecule has 0 saturated heterocycles. The number of nitrogens with zero attached hydrogens (tertiary/aromatic N) is 3. The van der Waals surface area contributed by atoms with E-state index in [-0.39, 0.29) is 0 Å². The number of carbonyl (C=O) groups excluding carboxylic acids is 1. The van der Waals surface area contributed by atoms with Crippen LogP contribution in [0.3, 0.4) is 0 Å². The molecule has 1 aromatic carbocycles. The highest BCUT2D eigenvalue weighted by atomic mass is 32.2. The fraction of sp³-hybridized carbons (Fsp3) is 0.389. The number of hydrogen-bond donors (Lipinski definition) is 1. The molecule has 1 aliphatic heterocycles. The number of hydrogen-bond acceptors (Lipinski definition) is 8. The largest absolute Gasteiger partial charge is 0.493 e. The molecule has 0 saturated carbocycles. The van der Waals surface area contributed by atoms with Crippen molar-refractivity contribution >= 4 is 23.7 Å². The zero-order valence-corrected chi connectivity index (χ0v) is 16.7. The fourth-order valence-electron chi connectivity index (χ4n) is 3.18. The van der Waals surface area contributed by atoms with Crippen LogP contribution in [0.15, 0.2) is 34.6 Å². The van der Waals surface area contributed by atoms with Crippen LogP contribution < -0.4 is 14.8 Å². The van der Waals surface area contributed by atoms with Crippen molar-refractivity contribution in [3.63, 3.8) is 0 Å². The lowest BCUT2D eigenvalue weighted by molar-refractivity contribution is -0.136. The predicted octanol–water partition coefficient (Wildman–Crippen LogP) is 2.87. The van der Waals surface area contributed by atoms with Gasteiger partial charge >= 0.3 is 5.97 Å². The van der Waals surface area contributed by atoms with Gasteiger partial charge in [-0.05, 0) is 18.7 Å². The number of para-hydroxylation sites is 1. The molecule has 0 bridgehead atoms. The topological polar surface area (TPSA) is 87.5 Å². The lowest BCUT2D eigenvalue weighted by Crippen LogP contribution is -2.30. The Morgan fingerprint density at radius 3 is 2.67 bits per heavy atom. The molecule has 0 radical (unpaired) electrons. The first kappa shape index (κ1) is 19.1. The van der Waals surface area contributed by atoms with Crippen molar-refractivity contribution < 1.29 is 19.0 Å². The van der Waals surface area contributed by atoms with Crippen LogP contribution in [0.2, 0.25) is 0 Å². The lowest BCUT2D eigenvalue weighted by atomic mass is 9.93. The minimum Gasteiger partial charge on any atom is -0.493 e. The molecule has 3 rings (SSSR count). The first-order valence-electron chi connectivity index (χ1n) is 8.39. The van der Waals surface area contributed by atoms with E-state index in [1.807, 2.05) is 25.3 Å². The van der Waals surface area contributed by atoms with Gasteiger partial charge in [0.15, 0.2) is 11.5 Å². The number of ether oxygens (including phenoxy) is 3. The van der Waals surface area contributed by atoms with Crippen LogP contribution in [0, 0.1) is 0 Å². The van der Waals surface area contributed by atoms with E-state index >= 15 is 0 Å². The summed E-state index contributed by atoms with van der Waals surface area (Å²) in [5, 5.41) is 8.38. The van der Waals surface area contributed by atoms with Crippen LogP contribution in [0.5, 0.6) is 11.5 Å². The van der Waals surface area contributed by atoms with Gasteiger partial charge in [0.1, 0.15) is 6.04 Å². The van der Waals surface area contributed by atoms with E-state index < -0.39 is 12.0 Å². The summed E-state index contributed by atoms with van der Waals surface area (Å²) in [6.07, 6.45) is 2.51. The van der Waals surface area contributed by atoms with Gasteiger partial charge in [-0.15, -0.1) is 5.10 Å². The summed E-state index contributed by atoms with van der Waals surface area (Å²) in [5.41, 5.74) is 1.95. The molecule has 2 heterocycles. The van der Waals surface area contributed by atoms with Crippen LogP contribution in [0.25, 0.3) is 0 Å². The Morgan fingerprint density at radius 2 is 2.07 bits per heavy atom. The Morgan fingerprint density at radius 1 is 1.30 bits per heavy atom. The van der Waals surface area contributed by atoms with Gasteiger partial charge < -0.3 is 19.5 Å². The number of esters is 1. The Kier molecular flexibility index (Phi) is 5.59. The molecule has 1 aliphatic rings. The molecule has 144 valence electrons. The number of nitrogens with one attached hydrogen (secondary N) is 1. The summed E-state index contributed by atoms with van der Waals surface area (Å²) < 4.78 is 17.8. The van der Waals surface area contributed by atoms with Crippen molar-refractivity contribution in [3.05, 3.63) is 35.0 Å². The monoisotopic (exact) mass is 390 g/mol. The van der Waals surface area contributed by atoms with Gasteiger partial charge in [-0.2, -0.15) is 4.98 Å². The van der Waals surface area contributed by atoms with Crippen molar-refractivity contribution in [2.45, 2.75) is 24.5 Å². The Hall–Kier alpha value is -2.68. The second kappa shape index (κ2) is 7.91. The molecular weight excluding hydrogens is 368 g/mol. The minimum atomic E-state index is -0.554. The van der Waals surface area contributed by atoms with Gasteiger partial charge in [-0.3, -0.25) is 0 Å². The number of thioether (sulfide) groups is 1. The van der Waals surface area contributed by atoms with Gasteiger partial charge in [-0.25, -0.2) is 9.48 Å². The molecule has 0 amide bonds. The molecule has 1 atom stereocenters. The zero-order chi connectivity index (χ0) is 19.6. The van der Waals surface area contributed by atoms with Gasteiger partial charge in [0.2, 0.25) is 11.1 Å². The highest BCUT2D eigenvalue weighted by Gasteiger charge is 2.37. The minimum absolute atomic E-state index is 0.430. The van der Waals surface area contributed by atoms with E-state index in [0.717, 1.165) is 11.3 Å². The van der Waals surface area contributed by atoms with E-state index in [0.29, 0.717) is 34.6 Å². The maximum atomic E-state index is 12.7. The van der Waals surface area contributed by atoms with Crippen LogP contribution in [-0.2, 0) is 9.53 Å². The number of fused-ring (bicyclic) bond motifs is 1. The average molecular weight is 390 g/mol. The van der Waals surface area contributed by atoms with E-state index in [4.69, 9.17) is 14.2 Å². The van der Waals surface area contributed by atoms with Crippen molar-refractivity contribution in [2.75, 3.05) is 32.9 Å². The van der Waals surface area contributed by atoms with Gasteiger partial charge in [0.05, 0.1) is 26.9 Å². The SMILES string of the molecule is CCC1=C(C(=O)OC)[C@H](c2cccc(OC)c2OC)n2nc(SC)nc2N1. The molecule has 0 spiro atoms. The molecule has 27 heavy (non-hydrogen) atoms. The molecule has 0 fully saturated rings. The van der Waals surface area contributed by atoms with E-state index in [1.54, 1.807) is 25.0 Å². The van der Waals surface area contributed by atoms with Crippen LogP contribution in [-0.4, -0.2) is 48.3 Å². The number of rotatable bonds is 6. The molecule has 9 heteroatoms. The summed E-state index contributed by atoms with van der Waals surface area (Å²) in [5.74, 6) is 1.25. The number of methoxy groups -OCH3 is 3. The van der Waals surface area contributed by atoms with Crippen molar-refractivity contribution in [1.82, 2.24) is 14.8 Å². The normalized spacial score (nSPS) is 15.8. The second-order valence-corrected chi connectivity index (χ2v) is 6.49. The third-order valence-electron chi connectivity index (χ3n) is 4.39. The fourth-order valence-corrected chi connectivity index (χ4v) is 3.53. The van der Waals surface area contributed by atoms with Crippen LogP contribution in [0.4, 0.5) is 5.95 Å². The summed E-state index contributed by atoms with van der Waals surface area (Å²) in [6.45, 7) is 1.96. The predicted molar refractivity (Wildman–Crippen MR) is 102 cm³/mol. The molecular formula is C18H22N4O4S. The molecule has 1 N–H and O–H groups in total. The first-order valence-corrected chi connectivity index (χ1v) is 9.61. The molecule has 1 aromatic heterocycles. The number of benzene rings is 1. The standard InChI is InChI=1S/C18H22N4O4S/c1-6-11-13(16(23)26-4)14(22-17(19-11)20-18(21-22)27-5)10-8-7-9-12(24-2)15(10)25-3/h7-9,14H,6H2,1-5H3,(H,19,20,21)/t14-/m0/s1. The Labute approximate surface area is 161 Å². The quantitative estimate of drug-likeness (QED) is 0.595. The van der Waals surface area contributed by atoms with E-state index in [9.17, 15) is 4.79 Å². The lowest BCUT2D eigenvalue weighted by Gasteiger charge is -2.29. The van der Waals surface area contributed by atoms with Gasteiger partial charge in [0, 0.05) is 11.3 Å².